The summed E-state index contributed by atoms with van der Waals surface area (Å²) in [6.45, 7) is 2.94. The fraction of sp³-hybridized carbons (Fsp3) is 0.500. The predicted molar refractivity (Wildman–Crippen MR) is 78.2 cm³/mol. The number of rotatable bonds is 1. The van der Waals surface area contributed by atoms with E-state index in [0.29, 0.717) is 22.1 Å². The Morgan fingerprint density at radius 2 is 2.24 bits per heavy atom. The zero-order valence-corrected chi connectivity index (χ0v) is 12.0. The SMILES string of the molecule is CC1CC2(CCC2)CN1C(=O)c1cccc2[nH]c(=O)oc12. The van der Waals surface area contributed by atoms with E-state index in [-0.39, 0.29) is 11.9 Å². The first-order chi connectivity index (χ1) is 10.1. The number of benzene rings is 1. The number of fused-ring (bicyclic) bond motifs is 1. The van der Waals surface area contributed by atoms with E-state index in [9.17, 15) is 9.59 Å². The molecule has 110 valence electrons. The molecule has 0 radical (unpaired) electrons. The van der Waals surface area contributed by atoms with Gasteiger partial charge in [0, 0.05) is 12.6 Å². The monoisotopic (exact) mass is 286 g/mol. The lowest BCUT2D eigenvalue weighted by Crippen LogP contribution is -2.37. The van der Waals surface area contributed by atoms with Gasteiger partial charge in [-0.05, 0) is 43.7 Å². The lowest BCUT2D eigenvalue weighted by Gasteiger charge is -2.37. The minimum Gasteiger partial charge on any atom is -0.407 e. The molecule has 1 saturated heterocycles. The Labute approximate surface area is 121 Å². The average Bonchev–Trinajstić information content (AvgIpc) is 2.96. The molecule has 1 aromatic heterocycles. The van der Waals surface area contributed by atoms with Gasteiger partial charge in [0.25, 0.3) is 5.91 Å². The third-order valence-corrected chi connectivity index (χ3v) is 5.12. The van der Waals surface area contributed by atoms with E-state index < -0.39 is 5.76 Å². The number of carbonyl (C=O) groups is 1. The van der Waals surface area contributed by atoms with Gasteiger partial charge in [0.15, 0.2) is 5.58 Å². The van der Waals surface area contributed by atoms with Gasteiger partial charge in [0.05, 0.1) is 11.1 Å². The maximum Gasteiger partial charge on any atom is 0.417 e. The van der Waals surface area contributed by atoms with Crippen LogP contribution >= 0.6 is 0 Å². The number of hydrogen-bond donors (Lipinski definition) is 1. The maximum atomic E-state index is 12.9. The van der Waals surface area contributed by atoms with Crippen LogP contribution in [0.3, 0.4) is 0 Å². The van der Waals surface area contributed by atoms with E-state index in [1.165, 1.54) is 19.3 Å². The number of oxazole rings is 1. The highest BCUT2D eigenvalue weighted by Crippen LogP contribution is 2.50. The van der Waals surface area contributed by atoms with Gasteiger partial charge in [-0.2, -0.15) is 0 Å². The van der Waals surface area contributed by atoms with E-state index in [2.05, 4.69) is 11.9 Å². The van der Waals surface area contributed by atoms with Crippen LogP contribution in [-0.4, -0.2) is 28.4 Å². The van der Waals surface area contributed by atoms with Gasteiger partial charge in [-0.3, -0.25) is 9.78 Å². The lowest BCUT2D eigenvalue weighted by atomic mass is 9.68. The number of hydrogen-bond acceptors (Lipinski definition) is 3. The zero-order chi connectivity index (χ0) is 14.6. The number of likely N-dealkylation sites (tertiary alicyclic amines) is 1. The maximum absolute atomic E-state index is 12.9. The molecule has 1 unspecified atom stereocenters. The second-order valence-corrected chi connectivity index (χ2v) is 6.54. The third kappa shape index (κ3) is 1.83. The molecular weight excluding hydrogens is 268 g/mol. The molecule has 2 aliphatic rings. The standard InChI is InChI=1S/C16H18N2O3/c1-10-8-16(6-3-7-16)9-18(10)14(19)11-4-2-5-12-13(11)21-15(20)17-12/h2,4-5,10H,3,6-9H2,1H3,(H,17,20). The molecule has 2 aromatic rings. The normalized spacial score (nSPS) is 23.7. The van der Waals surface area contributed by atoms with Gasteiger partial charge in [-0.1, -0.05) is 12.5 Å². The van der Waals surface area contributed by atoms with Gasteiger partial charge in [-0.25, -0.2) is 4.79 Å². The van der Waals surface area contributed by atoms with Crippen LogP contribution in [0.15, 0.2) is 27.4 Å². The Hall–Kier alpha value is -2.04. The Bertz CT molecular complexity index is 769. The van der Waals surface area contributed by atoms with E-state index in [1.807, 2.05) is 4.90 Å². The molecule has 4 rings (SSSR count). The van der Waals surface area contributed by atoms with Crippen molar-refractivity contribution in [2.75, 3.05) is 6.54 Å². The van der Waals surface area contributed by atoms with E-state index >= 15 is 0 Å². The summed E-state index contributed by atoms with van der Waals surface area (Å²) >= 11 is 0. The second kappa shape index (κ2) is 4.23. The molecule has 0 bridgehead atoms. The molecule has 1 atom stereocenters. The van der Waals surface area contributed by atoms with Gasteiger partial charge in [-0.15, -0.1) is 0 Å². The highest BCUT2D eigenvalue weighted by Gasteiger charge is 2.47. The summed E-state index contributed by atoms with van der Waals surface area (Å²) in [5, 5.41) is 0. The number of nitrogens with one attached hydrogen (secondary N) is 1. The third-order valence-electron chi connectivity index (χ3n) is 5.12. The number of nitrogens with zero attached hydrogens (tertiary/aromatic N) is 1. The smallest absolute Gasteiger partial charge is 0.407 e. The first-order valence-corrected chi connectivity index (χ1v) is 7.51. The molecule has 2 fully saturated rings. The van der Waals surface area contributed by atoms with Crippen LogP contribution in [0, 0.1) is 5.41 Å². The van der Waals surface area contributed by atoms with Crippen molar-refractivity contribution < 1.29 is 9.21 Å². The zero-order valence-electron chi connectivity index (χ0n) is 12.0. The Balaban J connectivity index is 1.72. The Morgan fingerprint density at radius 1 is 1.43 bits per heavy atom. The minimum absolute atomic E-state index is 0.0281. The van der Waals surface area contributed by atoms with Crippen molar-refractivity contribution >= 4 is 17.0 Å². The molecule has 1 spiro atoms. The average molecular weight is 286 g/mol. The van der Waals surface area contributed by atoms with Gasteiger partial charge < -0.3 is 9.32 Å². The fourth-order valence-corrected chi connectivity index (χ4v) is 3.93. The van der Waals surface area contributed by atoms with Crippen LogP contribution < -0.4 is 5.76 Å². The molecule has 1 saturated carbocycles. The highest BCUT2D eigenvalue weighted by molar-refractivity contribution is 6.04. The number of aromatic amines is 1. The van der Waals surface area contributed by atoms with Gasteiger partial charge in [0.1, 0.15) is 0 Å². The summed E-state index contributed by atoms with van der Waals surface area (Å²) < 4.78 is 5.15. The van der Waals surface area contributed by atoms with E-state index in [4.69, 9.17) is 4.42 Å². The fourth-order valence-electron chi connectivity index (χ4n) is 3.93. The van der Waals surface area contributed by atoms with Crippen molar-refractivity contribution in [1.82, 2.24) is 9.88 Å². The van der Waals surface area contributed by atoms with Crippen LogP contribution in [0.25, 0.3) is 11.1 Å². The van der Waals surface area contributed by atoms with Crippen molar-refractivity contribution in [3.8, 4) is 0 Å². The lowest BCUT2D eigenvalue weighted by molar-refractivity contribution is 0.0701. The number of carbonyl (C=O) groups excluding carboxylic acids is 1. The van der Waals surface area contributed by atoms with Crippen LogP contribution in [0.4, 0.5) is 0 Å². The van der Waals surface area contributed by atoms with Gasteiger partial charge >= 0.3 is 5.76 Å². The summed E-state index contributed by atoms with van der Waals surface area (Å²) in [4.78, 5) is 28.8. The van der Waals surface area contributed by atoms with Crippen molar-refractivity contribution in [3.63, 3.8) is 0 Å². The summed E-state index contributed by atoms with van der Waals surface area (Å²) in [6.07, 6.45) is 4.82. The van der Waals surface area contributed by atoms with Crippen molar-refractivity contribution in [1.29, 1.82) is 0 Å². The number of H-pyrrole nitrogens is 1. The summed E-state index contributed by atoms with van der Waals surface area (Å²) in [6, 6.07) is 5.51. The van der Waals surface area contributed by atoms with Crippen molar-refractivity contribution in [3.05, 3.63) is 34.3 Å². The molecule has 21 heavy (non-hydrogen) atoms. The molecule has 1 amide bonds. The van der Waals surface area contributed by atoms with Crippen LogP contribution in [0.2, 0.25) is 0 Å². The molecule has 1 N–H and O–H groups in total. The van der Waals surface area contributed by atoms with Crippen LogP contribution in [0.5, 0.6) is 0 Å². The quantitative estimate of drug-likeness (QED) is 0.876. The largest absolute Gasteiger partial charge is 0.417 e. The summed E-state index contributed by atoms with van der Waals surface area (Å²) in [5.74, 6) is -0.546. The summed E-state index contributed by atoms with van der Waals surface area (Å²) in [7, 11) is 0. The highest BCUT2D eigenvalue weighted by atomic mass is 16.4. The Kier molecular flexibility index (Phi) is 2.55. The molecule has 5 heteroatoms. The van der Waals surface area contributed by atoms with Crippen LogP contribution in [-0.2, 0) is 0 Å². The van der Waals surface area contributed by atoms with Crippen molar-refractivity contribution in [2.24, 2.45) is 5.41 Å². The number of amides is 1. The molecular formula is C16H18N2O3. The van der Waals surface area contributed by atoms with Crippen LogP contribution in [0.1, 0.15) is 43.0 Å². The topological polar surface area (TPSA) is 66.3 Å². The predicted octanol–water partition coefficient (Wildman–Crippen LogP) is 2.53. The molecule has 2 heterocycles. The molecule has 5 nitrogen and oxygen atoms in total. The van der Waals surface area contributed by atoms with E-state index in [1.54, 1.807) is 18.2 Å². The number of aromatic nitrogens is 1. The summed E-state index contributed by atoms with van der Waals surface area (Å²) in [5.41, 5.74) is 1.78. The van der Waals surface area contributed by atoms with E-state index in [0.717, 1.165) is 13.0 Å². The Morgan fingerprint density at radius 3 is 2.90 bits per heavy atom. The molecule has 1 aliphatic carbocycles. The number of para-hydroxylation sites is 1. The second-order valence-electron chi connectivity index (χ2n) is 6.54. The first-order valence-electron chi connectivity index (χ1n) is 7.51. The first kappa shape index (κ1) is 12.7. The van der Waals surface area contributed by atoms with Gasteiger partial charge in [0.2, 0.25) is 0 Å². The van der Waals surface area contributed by atoms with Crippen molar-refractivity contribution in [2.45, 2.75) is 38.6 Å². The molecule has 1 aromatic carbocycles. The molecule has 1 aliphatic heterocycles. The minimum atomic E-state index is -0.518.